The summed E-state index contributed by atoms with van der Waals surface area (Å²) in [5, 5.41) is 18.8. The number of aromatic nitrogens is 3. The van der Waals surface area contributed by atoms with Gasteiger partial charge < -0.3 is 14.6 Å². The topological polar surface area (TPSA) is 81.9 Å². The fourth-order valence-corrected chi connectivity index (χ4v) is 3.84. The minimum atomic E-state index is 0.629. The van der Waals surface area contributed by atoms with Gasteiger partial charge in [-0.15, -0.1) is 0 Å². The molecule has 3 N–H and O–H groups in total. The van der Waals surface area contributed by atoms with Gasteiger partial charge in [-0.3, -0.25) is 5.10 Å². The van der Waals surface area contributed by atoms with Crippen LogP contribution in [0.25, 0.3) is 33.2 Å². The van der Waals surface area contributed by atoms with Crippen LogP contribution in [-0.4, -0.2) is 41.5 Å². The highest BCUT2D eigenvalue weighted by Gasteiger charge is 2.15. The molecule has 6 heteroatoms. The van der Waals surface area contributed by atoms with Crippen molar-refractivity contribution in [1.82, 2.24) is 15.2 Å². The number of H-pyrrole nitrogens is 2. The van der Waals surface area contributed by atoms with Gasteiger partial charge in [0.25, 0.3) is 0 Å². The van der Waals surface area contributed by atoms with Gasteiger partial charge in [-0.25, -0.2) is 0 Å². The molecule has 1 fully saturated rings. The largest absolute Gasteiger partial charge is 0.370 e. The van der Waals surface area contributed by atoms with E-state index in [1.807, 2.05) is 18.2 Å². The molecule has 5 rings (SSSR count). The average Bonchev–Trinajstić information content (AvgIpc) is 3.31. The molecule has 0 aliphatic carbocycles. The Morgan fingerprint density at radius 2 is 1.96 bits per heavy atom. The van der Waals surface area contributed by atoms with Gasteiger partial charge >= 0.3 is 0 Å². The van der Waals surface area contributed by atoms with E-state index in [-0.39, 0.29) is 0 Å². The number of nitrogens with one attached hydrogen (secondary N) is 3. The van der Waals surface area contributed by atoms with Crippen LogP contribution < -0.4 is 4.90 Å². The number of rotatable bonds is 3. The molecule has 2 aromatic carbocycles. The van der Waals surface area contributed by atoms with Crippen molar-refractivity contribution in [3.63, 3.8) is 0 Å². The maximum Gasteiger partial charge on any atom is 0.116 e. The number of hydrogen-bond acceptors (Lipinski definition) is 3. The van der Waals surface area contributed by atoms with E-state index in [0.29, 0.717) is 5.56 Å². The summed E-state index contributed by atoms with van der Waals surface area (Å²) >= 11 is 0. The molecule has 4 aromatic rings. The van der Waals surface area contributed by atoms with Crippen LogP contribution in [0.1, 0.15) is 11.1 Å². The lowest BCUT2D eigenvalue weighted by Gasteiger charge is -2.23. The number of benzene rings is 2. The molecule has 0 bridgehead atoms. The van der Waals surface area contributed by atoms with Gasteiger partial charge in [0.2, 0.25) is 0 Å². The first-order valence-corrected chi connectivity index (χ1v) is 9.22. The van der Waals surface area contributed by atoms with E-state index < -0.39 is 0 Å². The standard InChI is InChI=1S/C21H19N5O/c22-12-14-1-3-17-19(10-14)24-25-21(17)20-11-16-9-15(2-4-18(16)23-20)13-26-5-7-27-8-6-26/h1-4,9-11,23H,5-8,13H2,(H,24,25)/p+1. The molecule has 3 heterocycles. The Labute approximate surface area is 156 Å². The number of hydrogen-bond donors (Lipinski definition) is 3. The van der Waals surface area contributed by atoms with Crippen LogP contribution >= 0.6 is 0 Å². The molecule has 2 aromatic heterocycles. The number of morpholine rings is 1. The second-order valence-corrected chi connectivity index (χ2v) is 7.09. The zero-order valence-electron chi connectivity index (χ0n) is 14.9. The third-order valence-corrected chi connectivity index (χ3v) is 5.29. The Morgan fingerprint density at radius 3 is 2.81 bits per heavy atom. The third kappa shape index (κ3) is 2.97. The van der Waals surface area contributed by atoms with Crippen LogP contribution in [0.15, 0.2) is 42.5 Å². The molecule has 134 valence electrons. The second kappa shape index (κ2) is 6.54. The van der Waals surface area contributed by atoms with Gasteiger partial charge in [-0.2, -0.15) is 10.4 Å². The van der Waals surface area contributed by atoms with E-state index in [9.17, 15) is 0 Å². The van der Waals surface area contributed by atoms with Crippen LogP contribution in [0.3, 0.4) is 0 Å². The summed E-state index contributed by atoms with van der Waals surface area (Å²) < 4.78 is 5.45. The highest BCUT2D eigenvalue weighted by molar-refractivity contribution is 5.96. The maximum absolute atomic E-state index is 9.06. The molecular formula is C21H20N5O+. The molecule has 6 nitrogen and oxygen atoms in total. The van der Waals surface area contributed by atoms with E-state index in [2.05, 4.69) is 45.5 Å². The molecule has 0 atom stereocenters. The van der Waals surface area contributed by atoms with Gasteiger partial charge in [0.15, 0.2) is 0 Å². The van der Waals surface area contributed by atoms with Crippen molar-refractivity contribution in [2.45, 2.75) is 6.54 Å². The molecular weight excluding hydrogens is 338 g/mol. The van der Waals surface area contributed by atoms with Crippen LogP contribution in [0.2, 0.25) is 0 Å². The smallest absolute Gasteiger partial charge is 0.116 e. The average molecular weight is 358 g/mol. The molecule has 1 saturated heterocycles. The summed E-state index contributed by atoms with van der Waals surface area (Å²) in [6.07, 6.45) is 0. The monoisotopic (exact) mass is 358 g/mol. The molecule has 0 amide bonds. The summed E-state index contributed by atoms with van der Waals surface area (Å²) in [6, 6.07) is 16.5. The van der Waals surface area contributed by atoms with Gasteiger partial charge in [0, 0.05) is 21.9 Å². The summed E-state index contributed by atoms with van der Waals surface area (Å²) in [4.78, 5) is 5.05. The van der Waals surface area contributed by atoms with Gasteiger partial charge in [0.1, 0.15) is 25.3 Å². The first-order chi connectivity index (χ1) is 13.3. The summed E-state index contributed by atoms with van der Waals surface area (Å²) in [7, 11) is 0. The van der Waals surface area contributed by atoms with Crippen molar-refractivity contribution in [1.29, 1.82) is 5.26 Å². The Bertz CT molecular complexity index is 1160. The van der Waals surface area contributed by atoms with Gasteiger partial charge in [-0.05, 0) is 36.4 Å². The van der Waals surface area contributed by atoms with Gasteiger partial charge in [0.05, 0.1) is 36.1 Å². The normalized spacial score (nSPS) is 15.4. The number of fused-ring (bicyclic) bond motifs is 2. The second-order valence-electron chi connectivity index (χ2n) is 7.09. The van der Waals surface area contributed by atoms with Crippen LogP contribution in [0.4, 0.5) is 0 Å². The number of ether oxygens (including phenoxy) is 1. The van der Waals surface area contributed by atoms with E-state index in [0.717, 1.165) is 60.7 Å². The van der Waals surface area contributed by atoms with E-state index in [4.69, 9.17) is 10.00 Å². The molecule has 27 heavy (non-hydrogen) atoms. The quantitative estimate of drug-likeness (QED) is 0.524. The molecule has 1 aliphatic heterocycles. The van der Waals surface area contributed by atoms with Crippen LogP contribution in [0.5, 0.6) is 0 Å². The molecule has 0 spiro atoms. The fraction of sp³-hybridized carbons (Fsp3) is 0.238. The number of quaternary nitrogens is 1. The lowest BCUT2D eigenvalue weighted by molar-refractivity contribution is -0.921. The number of nitriles is 1. The van der Waals surface area contributed by atoms with Crippen molar-refractivity contribution in [3.05, 3.63) is 53.6 Å². The van der Waals surface area contributed by atoms with Crippen LogP contribution in [-0.2, 0) is 11.3 Å². The lowest BCUT2D eigenvalue weighted by atomic mass is 10.1. The molecule has 0 unspecified atom stereocenters. The van der Waals surface area contributed by atoms with Crippen molar-refractivity contribution < 1.29 is 9.64 Å². The molecule has 0 radical (unpaired) electrons. The summed E-state index contributed by atoms with van der Waals surface area (Å²) in [6.45, 7) is 4.88. The van der Waals surface area contributed by atoms with E-state index in [1.165, 1.54) is 10.9 Å². The molecule has 1 aliphatic rings. The number of nitrogens with zero attached hydrogens (tertiary/aromatic N) is 2. The Balaban J connectivity index is 1.48. The van der Waals surface area contributed by atoms with Crippen molar-refractivity contribution in [2.75, 3.05) is 26.3 Å². The molecule has 0 saturated carbocycles. The third-order valence-electron chi connectivity index (χ3n) is 5.29. The minimum absolute atomic E-state index is 0.629. The highest BCUT2D eigenvalue weighted by atomic mass is 16.5. The van der Waals surface area contributed by atoms with Crippen molar-refractivity contribution in [2.24, 2.45) is 0 Å². The SMILES string of the molecule is N#Cc1ccc2c(-c3cc4cc(C[NH+]5CCOCC5)ccc4[nH]3)n[nH]c2c1. The zero-order valence-corrected chi connectivity index (χ0v) is 14.9. The predicted octanol–water partition coefficient (Wildman–Crippen LogP) is 2.00. The number of aromatic amines is 2. The maximum atomic E-state index is 9.06. The Kier molecular flexibility index (Phi) is 3.89. The summed E-state index contributed by atoms with van der Waals surface area (Å²) in [5.74, 6) is 0. The van der Waals surface area contributed by atoms with Gasteiger partial charge in [-0.1, -0.05) is 6.07 Å². The van der Waals surface area contributed by atoms with Crippen molar-refractivity contribution >= 4 is 21.8 Å². The van der Waals surface area contributed by atoms with Crippen molar-refractivity contribution in [3.8, 4) is 17.5 Å². The van der Waals surface area contributed by atoms with E-state index >= 15 is 0 Å². The minimum Gasteiger partial charge on any atom is -0.370 e. The highest BCUT2D eigenvalue weighted by Crippen LogP contribution is 2.29. The Morgan fingerprint density at radius 1 is 1.07 bits per heavy atom. The predicted molar refractivity (Wildman–Crippen MR) is 103 cm³/mol. The lowest BCUT2D eigenvalue weighted by Crippen LogP contribution is -3.12. The Hall–Kier alpha value is -3.14. The first kappa shape index (κ1) is 16.1. The first-order valence-electron chi connectivity index (χ1n) is 9.22. The van der Waals surface area contributed by atoms with E-state index in [1.54, 1.807) is 4.90 Å². The van der Waals surface area contributed by atoms with Crippen LogP contribution in [0, 0.1) is 11.3 Å². The zero-order chi connectivity index (χ0) is 18.2. The fourth-order valence-electron chi connectivity index (χ4n) is 3.84. The summed E-state index contributed by atoms with van der Waals surface area (Å²) in [5.41, 5.74) is 5.82.